The maximum Gasteiger partial charge on any atom is 0.264 e. The molecule has 2 rings (SSSR count). The highest BCUT2D eigenvalue weighted by atomic mass is 79.9. The Morgan fingerprint density at radius 3 is 2.45 bits per heavy atom. The van der Waals surface area contributed by atoms with E-state index in [0.29, 0.717) is 8.95 Å². The van der Waals surface area contributed by atoms with Gasteiger partial charge < -0.3 is 5.73 Å². The van der Waals surface area contributed by atoms with Crippen LogP contribution in [0, 0.1) is 5.82 Å². The number of hydrogen-bond donors (Lipinski definition) is 2. The van der Waals surface area contributed by atoms with E-state index >= 15 is 0 Å². The molecule has 0 amide bonds. The second kappa shape index (κ2) is 5.71. The predicted octanol–water partition coefficient (Wildman–Crippen LogP) is 3.73. The van der Waals surface area contributed by atoms with Gasteiger partial charge >= 0.3 is 0 Å². The minimum Gasteiger partial charge on any atom is -0.398 e. The fraction of sp³-hybridized carbons (Fsp3) is 0. The van der Waals surface area contributed by atoms with Crippen LogP contribution in [0.25, 0.3) is 0 Å². The Morgan fingerprint density at radius 1 is 1.10 bits per heavy atom. The first-order valence-electron chi connectivity index (χ1n) is 5.32. The van der Waals surface area contributed by atoms with Gasteiger partial charge in [-0.1, -0.05) is 15.9 Å². The lowest BCUT2D eigenvalue weighted by Gasteiger charge is -2.11. The maximum absolute atomic E-state index is 13.0. The molecule has 2 aromatic rings. The van der Waals surface area contributed by atoms with Gasteiger partial charge in [-0.2, -0.15) is 0 Å². The summed E-state index contributed by atoms with van der Waals surface area (Å²) in [4.78, 5) is -0.0527. The summed E-state index contributed by atoms with van der Waals surface area (Å²) in [6.45, 7) is 0. The summed E-state index contributed by atoms with van der Waals surface area (Å²) in [5.74, 6) is -0.471. The van der Waals surface area contributed by atoms with Gasteiger partial charge in [-0.25, -0.2) is 12.8 Å². The summed E-state index contributed by atoms with van der Waals surface area (Å²) < 4.78 is 40.8. The SMILES string of the molecule is Nc1ccc(Br)cc1S(=O)(=O)Nc1ccc(F)cc1Br. The average molecular weight is 424 g/mol. The van der Waals surface area contributed by atoms with Crippen LogP contribution in [0.5, 0.6) is 0 Å². The highest BCUT2D eigenvalue weighted by Gasteiger charge is 2.19. The van der Waals surface area contributed by atoms with Crippen molar-refractivity contribution in [2.75, 3.05) is 10.5 Å². The van der Waals surface area contributed by atoms with E-state index in [9.17, 15) is 12.8 Å². The molecule has 0 saturated heterocycles. The zero-order valence-electron chi connectivity index (χ0n) is 9.90. The molecule has 0 aliphatic heterocycles. The van der Waals surface area contributed by atoms with E-state index in [1.165, 1.54) is 24.3 Å². The number of nitrogens with two attached hydrogens (primary N) is 1. The molecule has 0 spiro atoms. The average Bonchev–Trinajstić information content (AvgIpc) is 2.35. The van der Waals surface area contributed by atoms with Crippen LogP contribution in [0.3, 0.4) is 0 Å². The molecule has 0 heterocycles. The molecular formula is C12H9Br2FN2O2S. The van der Waals surface area contributed by atoms with Crippen LogP contribution < -0.4 is 10.5 Å². The normalized spacial score (nSPS) is 11.3. The van der Waals surface area contributed by atoms with Crippen molar-refractivity contribution in [3.05, 3.63) is 51.2 Å². The first-order chi connectivity index (χ1) is 9.29. The lowest BCUT2D eigenvalue weighted by atomic mass is 10.3. The largest absolute Gasteiger partial charge is 0.398 e. The van der Waals surface area contributed by atoms with Crippen molar-refractivity contribution in [1.29, 1.82) is 0 Å². The molecule has 2 aromatic carbocycles. The first kappa shape index (κ1) is 15.3. The zero-order chi connectivity index (χ0) is 14.9. The van der Waals surface area contributed by atoms with Gasteiger partial charge in [0.25, 0.3) is 10.0 Å². The van der Waals surface area contributed by atoms with Crippen molar-refractivity contribution in [2.24, 2.45) is 0 Å². The zero-order valence-corrected chi connectivity index (χ0v) is 13.9. The van der Waals surface area contributed by atoms with Crippen LogP contribution in [0.1, 0.15) is 0 Å². The van der Waals surface area contributed by atoms with Crippen LogP contribution in [0.4, 0.5) is 15.8 Å². The molecule has 0 aliphatic carbocycles. The third kappa shape index (κ3) is 3.31. The Balaban J connectivity index is 2.43. The molecule has 0 bridgehead atoms. The number of halogens is 3. The fourth-order valence-electron chi connectivity index (χ4n) is 1.51. The maximum atomic E-state index is 13.0. The molecule has 3 N–H and O–H groups in total. The van der Waals surface area contributed by atoms with Crippen LogP contribution >= 0.6 is 31.9 Å². The number of sulfonamides is 1. The third-order valence-electron chi connectivity index (χ3n) is 2.44. The van der Waals surface area contributed by atoms with Gasteiger partial charge in [0.05, 0.1) is 11.4 Å². The van der Waals surface area contributed by atoms with Crippen LogP contribution in [-0.2, 0) is 10.0 Å². The van der Waals surface area contributed by atoms with E-state index in [1.807, 2.05) is 0 Å². The van der Waals surface area contributed by atoms with Gasteiger partial charge in [0.2, 0.25) is 0 Å². The number of nitrogen functional groups attached to an aromatic ring is 1. The van der Waals surface area contributed by atoms with Crippen molar-refractivity contribution in [3.8, 4) is 0 Å². The van der Waals surface area contributed by atoms with Crippen molar-refractivity contribution in [3.63, 3.8) is 0 Å². The first-order valence-corrected chi connectivity index (χ1v) is 8.39. The minimum atomic E-state index is -3.86. The highest BCUT2D eigenvalue weighted by molar-refractivity contribution is 9.10. The molecule has 8 heteroatoms. The molecule has 0 saturated carbocycles. The number of anilines is 2. The Labute approximate surface area is 132 Å². The summed E-state index contributed by atoms with van der Waals surface area (Å²) in [5, 5.41) is 0. The van der Waals surface area contributed by atoms with Gasteiger partial charge in [0, 0.05) is 8.95 Å². The monoisotopic (exact) mass is 422 g/mol. The minimum absolute atomic E-state index is 0.0527. The van der Waals surface area contributed by atoms with E-state index in [-0.39, 0.29) is 16.3 Å². The summed E-state index contributed by atoms with van der Waals surface area (Å²) in [6.07, 6.45) is 0. The molecule has 20 heavy (non-hydrogen) atoms. The predicted molar refractivity (Wildman–Crippen MR) is 83.5 cm³/mol. The molecule has 0 radical (unpaired) electrons. The Kier molecular flexibility index (Phi) is 4.36. The standard InChI is InChI=1S/C12H9Br2FN2O2S/c13-7-1-3-10(16)12(5-7)20(18,19)17-11-4-2-8(15)6-9(11)14/h1-6,17H,16H2. The second-order valence-electron chi connectivity index (χ2n) is 3.91. The Bertz CT molecular complexity index is 766. The van der Waals surface area contributed by atoms with Crippen molar-refractivity contribution in [2.45, 2.75) is 4.90 Å². The summed E-state index contributed by atoms with van der Waals surface area (Å²) in [5.41, 5.74) is 6.03. The topological polar surface area (TPSA) is 72.2 Å². The Hall–Kier alpha value is -1.12. The summed E-state index contributed by atoms with van der Waals surface area (Å²) >= 11 is 6.29. The van der Waals surface area contributed by atoms with Gasteiger partial charge in [-0.3, -0.25) is 4.72 Å². The smallest absolute Gasteiger partial charge is 0.264 e. The van der Waals surface area contributed by atoms with E-state index in [4.69, 9.17) is 5.73 Å². The molecular weight excluding hydrogens is 415 g/mol. The number of rotatable bonds is 3. The second-order valence-corrected chi connectivity index (χ2v) is 7.33. The number of nitrogens with one attached hydrogen (secondary N) is 1. The lowest BCUT2D eigenvalue weighted by molar-refractivity contribution is 0.601. The van der Waals surface area contributed by atoms with E-state index in [0.717, 1.165) is 6.07 Å². The van der Waals surface area contributed by atoms with Gasteiger partial charge in [0.15, 0.2) is 0 Å². The molecule has 0 fully saturated rings. The summed E-state index contributed by atoms with van der Waals surface area (Å²) in [6, 6.07) is 8.18. The Morgan fingerprint density at radius 2 is 1.80 bits per heavy atom. The van der Waals surface area contributed by atoms with Crippen molar-refractivity contribution >= 4 is 53.3 Å². The summed E-state index contributed by atoms with van der Waals surface area (Å²) in [7, 11) is -3.86. The molecule has 0 unspecified atom stereocenters. The molecule has 0 aromatic heterocycles. The van der Waals surface area contributed by atoms with E-state index in [2.05, 4.69) is 36.6 Å². The molecule has 4 nitrogen and oxygen atoms in total. The van der Waals surface area contributed by atoms with Gasteiger partial charge in [0.1, 0.15) is 10.7 Å². The van der Waals surface area contributed by atoms with Gasteiger partial charge in [-0.15, -0.1) is 0 Å². The van der Waals surface area contributed by atoms with Crippen molar-refractivity contribution < 1.29 is 12.8 Å². The number of hydrogen-bond acceptors (Lipinski definition) is 3. The van der Waals surface area contributed by atoms with Gasteiger partial charge in [-0.05, 0) is 52.3 Å². The van der Waals surface area contributed by atoms with Crippen LogP contribution in [0.15, 0.2) is 50.2 Å². The van der Waals surface area contributed by atoms with Crippen LogP contribution in [-0.4, -0.2) is 8.42 Å². The molecule has 0 atom stereocenters. The number of benzene rings is 2. The van der Waals surface area contributed by atoms with Crippen LogP contribution in [0.2, 0.25) is 0 Å². The van der Waals surface area contributed by atoms with E-state index < -0.39 is 15.8 Å². The lowest BCUT2D eigenvalue weighted by Crippen LogP contribution is -2.15. The highest BCUT2D eigenvalue weighted by Crippen LogP contribution is 2.28. The van der Waals surface area contributed by atoms with E-state index in [1.54, 1.807) is 6.07 Å². The molecule has 0 aliphatic rings. The van der Waals surface area contributed by atoms with Crippen molar-refractivity contribution in [1.82, 2.24) is 0 Å². The third-order valence-corrected chi connectivity index (χ3v) is 5.01. The fourth-order valence-corrected chi connectivity index (χ4v) is 3.84. The quantitative estimate of drug-likeness (QED) is 0.738. The molecule has 106 valence electrons.